The number of benzene rings is 9. The summed E-state index contributed by atoms with van der Waals surface area (Å²) in [7, 11) is 0. The van der Waals surface area contributed by atoms with Crippen LogP contribution in [0.25, 0.3) is 111 Å². The van der Waals surface area contributed by atoms with Crippen molar-refractivity contribution in [3.05, 3.63) is 315 Å². The Morgan fingerprint density at radius 2 is 0.583 bits per heavy atom. The van der Waals surface area contributed by atoms with E-state index < -0.39 is 0 Å². The molecule has 0 aliphatic carbocycles. The summed E-state index contributed by atoms with van der Waals surface area (Å²) in [5.74, 6) is 0. The second-order valence-electron chi connectivity index (χ2n) is 30.9. The maximum atomic E-state index is 13.6. The van der Waals surface area contributed by atoms with E-state index in [4.69, 9.17) is 0 Å². The quantitative estimate of drug-likeness (QED) is 0.168. The number of para-hydroxylation sites is 9. The number of nitrogens with one attached hydrogen (secondary N) is 1. The number of amides is 4. The Balaban J connectivity index is 0.000000110. The van der Waals surface area contributed by atoms with Crippen LogP contribution in [-0.4, -0.2) is 178 Å². The number of carbonyl (C=O) groups is 4. The first-order valence-electron chi connectivity index (χ1n) is 40.7. The minimum Gasteiger partial charge on any atom is -0.368 e. The first kappa shape index (κ1) is 76.6. The lowest BCUT2D eigenvalue weighted by Crippen LogP contribution is -2.56. The molecule has 26 heteroatoms. The van der Waals surface area contributed by atoms with Gasteiger partial charge in [-0.05, 0) is 138 Å². The molecule has 12 heterocycles. The molecular formula is C94H86N18O8. The van der Waals surface area contributed by atoms with Gasteiger partial charge < -0.3 is 29.8 Å². The second-order valence-corrected chi connectivity index (χ2v) is 30.9. The summed E-state index contributed by atoms with van der Waals surface area (Å²) in [4.78, 5) is 116. The molecule has 3 atom stereocenters. The van der Waals surface area contributed by atoms with Crippen molar-refractivity contribution in [2.45, 2.75) is 71.0 Å². The number of anilines is 1. The molecule has 1 N–H and O–H groups in total. The number of carbonyl (C=O) groups excluding carboxylic acids is 4. The van der Waals surface area contributed by atoms with Crippen LogP contribution in [0.2, 0.25) is 0 Å². The first-order chi connectivity index (χ1) is 58.6. The molecular weight excluding hydrogens is 1510 g/mol. The van der Waals surface area contributed by atoms with Gasteiger partial charge in [-0.15, -0.1) is 0 Å². The fourth-order valence-corrected chi connectivity index (χ4v) is 17.0. The van der Waals surface area contributed by atoms with Gasteiger partial charge in [-0.1, -0.05) is 164 Å². The minimum absolute atomic E-state index is 0.0790. The number of rotatable bonds is 5. The monoisotopic (exact) mass is 1590 g/mol. The fourth-order valence-electron chi connectivity index (χ4n) is 17.0. The van der Waals surface area contributed by atoms with E-state index in [1.165, 1.54) is 24.4 Å². The Morgan fingerprint density at radius 1 is 0.300 bits per heavy atom. The first-order valence-corrected chi connectivity index (χ1v) is 40.7. The van der Waals surface area contributed by atoms with Crippen molar-refractivity contribution in [1.29, 1.82) is 0 Å². The molecule has 3 unspecified atom stereocenters. The Morgan fingerprint density at radius 3 is 0.900 bits per heavy atom. The maximum Gasteiger partial charge on any atom is 0.328 e. The Hall–Kier alpha value is -14.7. The third-order valence-corrected chi connectivity index (χ3v) is 23.0. The van der Waals surface area contributed by atoms with Crippen LogP contribution < -0.4 is 32.5 Å². The zero-order valence-electron chi connectivity index (χ0n) is 66.5. The van der Waals surface area contributed by atoms with Crippen molar-refractivity contribution in [3.8, 4) is 67.8 Å². The van der Waals surface area contributed by atoms with Gasteiger partial charge in [0.2, 0.25) is 0 Å². The van der Waals surface area contributed by atoms with E-state index in [-0.39, 0.29) is 64.5 Å². The van der Waals surface area contributed by atoms with Crippen LogP contribution in [0.1, 0.15) is 52.9 Å². The lowest BCUT2D eigenvalue weighted by molar-refractivity contribution is 0.167. The van der Waals surface area contributed by atoms with Crippen LogP contribution in [0.5, 0.6) is 0 Å². The zero-order valence-corrected chi connectivity index (χ0v) is 66.5. The number of aromatic nitrogens is 12. The fraction of sp³-hybridized carbons (Fsp3) is 0.213. The molecule has 600 valence electrons. The summed E-state index contributed by atoms with van der Waals surface area (Å²) < 4.78 is 12.1. The van der Waals surface area contributed by atoms with Crippen LogP contribution in [0.15, 0.2) is 293 Å². The molecule has 26 nitrogen and oxygen atoms in total. The van der Waals surface area contributed by atoms with Crippen molar-refractivity contribution in [2.24, 2.45) is 0 Å². The van der Waals surface area contributed by atoms with Gasteiger partial charge in [0.25, 0.3) is 22.2 Å². The molecule has 120 heavy (non-hydrogen) atoms. The average Bonchev–Trinajstić information content (AvgIpc) is 1.63. The largest absolute Gasteiger partial charge is 0.368 e. The molecule has 0 spiro atoms. The Kier molecular flexibility index (Phi) is 20.9. The minimum atomic E-state index is -0.234. The highest BCUT2D eigenvalue weighted by molar-refractivity contribution is 6.03. The van der Waals surface area contributed by atoms with Crippen LogP contribution in [0.4, 0.5) is 24.9 Å². The predicted molar refractivity (Wildman–Crippen MR) is 466 cm³/mol. The van der Waals surface area contributed by atoms with Crippen LogP contribution in [0, 0.1) is 0 Å². The van der Waals surface area contributed by atoms with Gasteiger partial charge in [-0.25, -0.2) is 19.2 Å². The molecule has 21 rings (SSSR count). The van der Waals surface area contributed by atoms with E-state index in [9.17, 15) is 38.4 Å². The van der Waals surface area contributed by atoms with E-state index >= 15 is 0 Å². The van der Waals surface area contributed by atoms with Gasteiger partial charge in [0.1, 0.15) is 22.8 Å². The van der Waals surface area contributed by atoms with Gasteiger partial charge >= 0.3 is 24.1 Å². The summed E-state index contributed by atoms with van der Waals surface area (Å²) >= 11 is 0. The van der Waals surface area contributed by atoms with Crippen molar-refractivity contribution in [3.63, 3.8) is 0 Å². The van der Waals surface area contributed by atoms with Crippen LogP contribution in [0.3, 0.4) is 0 Å². The van der Waals surface area contributed by atoms with Crippen molar-refractivity contribution >= 4 is 73.4 Å². The summed E-state index contributed by atoms with van der Waals surface area (Å²) in [6, 6.07) is 78.3. The normalized spacial score (nSPS) is 16.2. The summed E-state index contributed by atoms with van der Waals surface area (Å²) in [5.41, 5.74) is 10.3. The molecule has 12 aliphatic rings. The highest BCUT2D eigenvalue weighted by Crippen LogP contribution is 2.35. The van der Waals surface area contributed by atoms with E-state index in [1.54, 1.807) is 43.1 Å². The number of hydrogen-bond acceptors (Lipinski definition) is 14. The van der Waals surface area contributed by atoms with E-state index in [0.29, 0.717) is 94.0 Å². The molecule has 0 aromatic heterocycles. The summed E-state index contributed by atoms with van der Waals surface area (Å²) in [6.45, 7) is 12.4. The number of hydrogen-bond donors (Lipinski definition) is 1. The molecule has 4 saturated heterocycles. The number of piperidine rings is 1. The standard InChI is InChI=1S/C27H23N5O2.C23H23N5O2.2C22H20N4O2/c33-26-23-19-31(27(34)30-17-15-29(16-18-30)20-9-3-1-4-10-20)24-14-8-7-13-22(24)25(23)28-32(26)21-11-5-2-6-12-21;1-15-12-26(13-16(2)24-15)23(30)27-14-19-21(18-10-6-7-11-20(18)27)25-28(22(19)29)17-8-4-3-5-9-17;1-15-8-7-13-24(15)22(28)25-14-18-20(17-11-5-6-12-19(17)25)23-26(21(18)27)16-9-3-2-4-10-16;27-21-18-15-25(22(28)24-13-7-2-8-14-24)19-12-6-5-11-17(19)20(18)23-26(21)16-9-3-1-4-10-16/h1-14,19H,15-18H2;3-11,14-16,24H,12-13H2,1-2H3;2-6,9-12,14-15H,7-8,13H2,1H3;1,3-6,9-12,15H,2,7-8,13-14H2. The molecule has 9 aromatic carbocycles. The molecule has 9 aromatic rings. The number of fused-ring (bicyclic) bond motifs is 12. The van der Waals surface area contributed by atoms with Gasteiger partial charge in [-0.2, -0.15) is 39.1 Å². The molecule has 12 aliphatic heterocycles. The smallest absolute Gasteiger partial charge is 0.328 e. The van der Waals surface area contributed by atoms with E-state index in [2.05, 4.69) is 63.5 Å². The number of nitrogens with zero attached hydrogens (tertiary/aromatic N) is 17. The molecule has 0 saturated carbocycles. The maximum absolute atomic E-state index is 13.6. The average molecular weight is 1600 g/mol. The van der Waals surface area contributed by atoms with Crippen molar-refractivity contribution in [2.75, 3.05) is 63.8 Å². The highest BCUT2D eigenvalue weighted by atomic mass is 16.2. The van der Waals surface area contributed by atoms with Crippen LogP contribution in [-0.2, 0) is 0 Å². The topological polar surface area (TPSA) is 256 Å². The lowest BCUT2D eigenvalue weighted by atomic mass is 10.1. The zero-order chi connectivity index (χ0) is 82.2. The number of likely N-dealkylation sites (tertiary alicyclic amines) is 2. The van der Waals surface area contributed by atoms with E-state index in [1.807, 2.05) is 256 Å². The molecule has 4 amide bonds. The van der Waals surface area contributed by atoms with Gasteiger partial charge in [0, 0.05) is 129 Å². The van der Waals surface area contributed by atoms with Crippen LogP contribution >= 0.6 is 0 Å². The molecule has 0 bridgehead atoms. The van der Waals surface area contributed by atoms with Gasteiger partial charge in [0.05, 0.1) is 67.1 Å². The Labute approximate surface area is 688 Å². The van der Waals surface area contributed by atoms with Crippen molar-refractivity contribution in [1.82, 2.24) is 82.3 Å². The van der Waals surface area contributed by atoms with Gasteiger partial charge in [-0.3, -0.25) is 37.4 Å². The van der Waals surface area contributed by atoms with E-state index in [0.717, 1.165) is 108 Å². The van der Waals surface area contributed by atoms with Gasteiger partial charge in [0.15, 0.2) is 0 Å². The second kappa shape index (κ2) is 32.8. The molecule has 4 fully saturated rings. The number of pyridine rings is 4. The highest BCUT2D eigenvalue weighted by Gasteiger charge is 2.34. The lowest BCUT2D eigenvalue weighted by Gasteiger charge is -2.36. The Bertz CT molecular complexity index is 6770. The predicted octanol–water partition coefficient (Wildman–Crippen LogP) is 14.5. The summed E-state index contributed by atoms with van der Waals surface area (Å²) in [5, 5.41) is 25.0. The summed E-state index contributed by atoms with van der Waals surface area (Å²) in [6.07, 6.45) is 11.8. The third kappa shape index (κ3) is 14.5. The van der Waals surface area contributed by atoms with Crippen molar-refractivity contribution < 1.29 is 19.2 Å². The molecule has 0 radical (unpaired) electrons. The SMILES string of the molecule is CC1CCCN1C(=O)n1cc2c(=O)n(-c3ccccc3)nc-2c2ccccc21.CC1CN(C(=O)n2cc3c(=O)n(-c4ccccc4)nc-3c3ccccc32)CC(C)N1.O=C(N1CCCCC1)n1cc2c(=O)n(-c3ccccc3)nc-2c2ccccc21.O=C(N1CCN(c2ccccc2)CC1)n1cc2c(=O)n(-c3ccccc3)nc-2c2ccccc21. The number of piperazine rings is 2. The third-order valence-electron chi connectivity index (χ3n) is 23.0.